The molecule has 7 nitrogen and oxygen atoms in total. The fraction of sp³-hybridized carbons (Fsp3) is 0.0588. The molecule has 0 atom stereocenters. The first-order valence-corrected chi connectivity index (χ1v) is 6.99. The average molecular weight is 326 g/mol. The van der Waals surface area contributed by atoms with E-state index in [4.69, 9.17) is 18.7 Å². The van der Waals surface area contributed by atoms with Gasteiger partial charge in [-0.1, -0.05) is 0 Å². The molecule has 2 N–H and O–H groups in total. The summed E-state index contributed by atoms with van der Waals surface area (Å²) < 4.78 is 16.1. The number of benzene rings is 2. The van der Waals surface area contributed by atoms with Gasteiger partial charge in [0.05, 0.1) is 5.39 Å². The highest BCUT2D eigenvalue weighted by Gasteiger charge is 2.17. The van der Waals surface area contributed by atoms with Crippen LogP contribution in [0.15, 0.2) is 50.0 Å². The predicted octanol–water partition coefficient (Wildman–Crippen LogP) is 2.86. The van der Waals surface area contributed by atoms with Crippen molar-refractivity contribution in [3.05, 3.63) is 46.8 Å². The summed E-state index contributed by atoms with van der Waals surface area (Å²) in [5.74, 6) is -0.815. The standard InChI is InChI=1S/C17H10O7/c18-8-1-3-10-12(5-8)23-16-11-4-2-9(22-7-14(19)20)6-13(11)24-17(21)15(10)16/h1-6,18H,7H2,(H,19,20). The number of carboxylic acids is 1. The molecule has 120 valence electrons. The zero-order chi connectivity index (χ0) is 16.8. The van der Waals surface area contributed by atoms with Gasteiger partial charge in [0.15, 0.2) is 12.2 Å². The molecule has 2 heterocycles. The normalized spacial score (nSPS) is 11.3. The van der Waals surface area contributed by atoms with Crippen LogP contribution in [0.5, 0.6) is 11.5 Å². The van der Waals surface area contributed by atoms with Crippen LogP contribution in [-0.4, -0.2) is 22.8 Å². The lowest BCUT2D eigenvalue weighted by molar-refractivity contribution is -0.139. The van der Waals surface area contributed by atoms with Crippen LogP contribution < -0.4 is 10.4 Å². The van der Waals surface area contributed by atoms with Crippen LogP contribution in [0.2, 0.25) is 0 Å². The highest BCUT2D eigenvalue weighted by molar-refractivity contribution is 6.13. The van der Waals surface area contributed by atoms with Crippen LogP contribution in [0.4, 0.5) is 0 Å². The first kappa shape index (κ1) is 14.1. The Morgan fingerprint density at radius 1 is 1.04 bits per heavy atom. The van der Waals surface area contributed by atoms with Crippen molar-refractivity contribution >= 4 is 38.9 Å². The van der Waals surface area contributed by atoms with E-state index >= 15 is 0 Å². The van der Waals surface area contributed by atoms with E-state index in [1.54, 1.807) is 18.2 Å². The number of aliphatic carboxylic acids is 1. The van der Waals surface area contributed by atoms with Gasteiger partial charge in [-0.3, -0.25) is 0 Å². The average Bonchev–Trinajstić information content (AvgIpc) is 2.91. The van der Waals surface area contributed by atoms with Crippen LogP contribution in [0.1, 0.15) is 0 Å². The monoisotopic (exact) mass is 326 g/mol. The van der Waals surface area contributed by atoms with Crippen molar-refractivity contribution in [3.63, 3.8) is 0 Å². The van der Waals surface area contributed by atoms with Gasteiger partial charge in [0.2, 0.25) is 0 Å². The summed E-state index contributed by atoms with van der Waals surface area (Å²) in [5.41, 5.74) is 0.346. The number of rotatable bonds is 3. The minimum Gasteiger partial charge on any atom is -0.508 e. The van der Waals surface area contributed by atoms with Gasteiger partial charge >= 0.3 is 11.6 Å². The molecule has 0 saturated carbocycles. The van der Waals surface area contributed by atoms with E-state index in [-0.39, 0.29) is 22.5 Å². The number of carbonyl (C=O) groups is 1. The fourth-order valence-corrected chi connectivity index (χ4v) is 2.64. The Morgan fingerprint density at radius 3 is 2.58 bits per heavy atom. The Labute approximate surface area is 133 Å². The van der Waals surface area contributed by atoms with Crippen molar-refractivity contribution in [2.24, 2.45) is 0 Å². The topological polar surface area (TPSA) is 110 Å². The smallest absolute Gasteiger partial charge is 0.348 e. The van der Waals surface area contributed by atoms with Gasteiger partial charge in [0, 0.05) is 17.5 Å². The summed E-state index contributed by atoms with van der Waals surface area (Å²) in [6, 6.07) is 9.09. The lowest BCUT2D eigenvalue weighted by Gasteiger charge is -2.04. The molecule has 4 rings (SSSR count). The maximum Gasteiger partial charge on any atom is 0.348 e. The summed E-state index contributed by atoms with van der Waals surface area (Å²) in [7, 11) is 0. The highest BCUT2D eigenvalue weighted by atomic mass is 16.5. The largest absolute Gasteiger partial charge is 0.508 e. The van der Waals surface area contributed by atoms with E-state index in [0.717, 1.165) is 0 Å². The Balaban J connectivity index is 1.98. The van der Waals surface area contributed by atoms with E-state index in [1.807, 2.05) is 0 Å². The van der Waals surface area contributed by atoms with Crippen LogP contribution in [0.25, 0.3) is 32.9 Å². The number of hydrogen-bond donors (Lipinski definition) is 2. The third-order valence-corrected chi connectivity index (χ3v) is 3.64. The van der Waals surface area contributed by atoms with Gasteiger partial charge in [-0.15, -0.1) is 0 Å². The van der Waals surface area contributed by atoms with E-state index in [2.05, 4.69) is 0 Å². The number of aromatic hydroxyl groups is 1. The van der Waals surface area contributed by atoms with Crippen LogP contribution in [0, 0.1) is 0 Å². The molecule has 4 aromatic rings. The fourth-order valence-electron chi connectivity index (χ4n) is 2.64. The van der Waals surface area contributed by atoms with Crippen molar-refractivity contribution in [2.45, 2.75) is 0 Å². The van der Waals surface area contributed by atoms with Gasteiger partial charge in [-0.2, -0.15) is 0 Å². The van der Waals surface area contributed by atoms with Crippen molar-refractivity contribution in [1.29, 1.82) is 0 Å². The molecule has 0 unspecified atom stereocenters. The summed E-state index contributed by atoms with van der Waals surface area (Å²) in [6.07, 6.45) is 0. The SMILES string of the molecule is O=C(O)COc1ccc2c(c1)oc(=O)c1c3ccc(O)cc3oc21. The molecule has 0 saturated heterocycles. The first-order valence-electron chi connectivity index (χ1n) is 6.99. The molecule has 0 aliphatic rings. The summed E-state index contributed by atoms with van der Waals surface area (Å²) in [4.78, 5) is 22.9. The molecular weight excluding hydrogens is 316 g/mol. The number of furan rings is 1. The van der Waals surface area contributed by atoms with Gasteiger partial charge < -0.3 is 23.8 Å². The third-order valence-electron chi connectivity index (χ3n) is 3.64. The van der Waals surface area contributed by atoms with E-state index < -0.39 is 18.2 Å². The van der Waals surface area contributed by atoms with E-state index in [1.165, 1.54) is 18.2 Å². The summed E-state index contributed by atoms with van der Waals surface area (Å²) in [6.45, 7) is -0.498. The number of phenols is 1. The number of ether oxygens (including phenoxy) is 1. The third kappa shape index (κ3) is 2.14. The summed E-state index contributed by atoms with van der Waals surface area (Å²) in [5, 5.41) is 19.6. The molecule has 0 bridgehead atoms. The predicted molar refractivity (Wildman–Crippen MR) is 84.6 cm³/mol. The Hall–Kier alpha value is -3.48. The number of hydrogen-bond acceptors (Lipinski definition) is 6. The Morgan fingerprint density at radius 2 is 1.79 bits per heavy atom. The molecule has 0 aliphatic heterocycles. The van der Waals surface area contributed by atoms with Crippen molar-refractivity contribution < 1.29 is 28.6 Å². The first-order chi connectivity index (χ1) is 11.5. The van der Waals surface area contributed by atoms with Crippen LogP contribution in [0.3, 0.4) is 0 Å². The highest BCUT2D eigenvalue weighted by Crippen LogP contribution is 2.34. The van der Waals surface area contributed by atoms with Crippen molar-refractivity contribution in [2.75, 3.05) is 6.61 Å². The maximum atomic E-state index is 12.3. The lowest BCUT2D eigenvalue weighted by Crippen LogP contribution is -2.09. The number of carboxylic acid groups (broad SMARTS) is 1. The molecular formula is C17H10O7. The van der Waals surface area contributed by atoms with Gasteiger partial charge in [-0.25, -0.2) is 9.59 Å². The number of phenolic OH excluding ortho intramolecular Hbond substituents is 1. The molecule has 2 aromatic carbocycles. The molecule has 0 spiro atoms. The molecule has 0 fully saturated rings. The quantitative estimate of drug-likeness (QED) is 0.557. The van der Waals surface area contributed by atoms with E-state index in [0.29, 0.717) is 21.9 Å². The molecule has 2 aromatic heterocycles. The molecule has 7 heteroatoms. The molecule has 24 heavy (non-hydrogen) atoms. The van der Waals surface area contributed by atoms with Crippen LogP contribution >= 0.6 is 0 Å². The van der Waals surface area contributed by atoms with Gasteiger partial charge in [0.1, 0.15) is 28.1 Å². The summed E-state index contributed by atoms with van der Waals surface area (Å²) >= 11 is 0. The van der Waals surface area contributed by atoms with Gasteiger partial charge in [0.25, 0.3) is 0 Å². The lowest BCUT2D eigenvalue weighted by atomic mass is 10.1. The van der Waals surface area contributed by atoms with Crippen molar-refractivity contribution in [1.82, 2.24) is 0 Å². The minimum atomic E-state index is -1.11. The molecule has 0 aliphatic carbocycles. The second-order valence-corrected chi connectivity index (χ2v) is 5.22. The second-order valence-electron chi connectivity index (χ2n) is 5.22. The van der Waals surface area contributed by atoms with Crippen molar-refractivity contribution in [3.8, 4) is 11.5 Å². The Bertz CT molecular complexity index is 1170. The van der Waals surface area contributed by atoms with Gasteiger partial charge in [-0.05, 0) is 24.3 Å². The van der Waals surface area contributed by atoms with Crippen LogP contribution in [-0.2, 0) is 4.79 Å². The van der Waals surface area contributed by atoms with E-state index in [9.17, 15) is 14.7 Å². The Kier molecular flexibility index (Phi) is 2.96. The minimum absolute atomic E-state index is 0.0274. The maximum absolute atomic E-state index is 12.3. The molecule has 0 amide bonds. The molecule has 0 radical (unpaired) electrons. The zero-order valence-electron chi connectivity index (χ0n) is 12.1. The second kappa shape index (κ2) is 5.02. The number of fused-ring (bicyclic) bond motifs is 5. The zero-order valence-corrected chi connectivity index (χ0v) is 12.1.